The monoisotopic (exact) mass is 767 g/mol. The van der Waals surface area contributed by atoms with Crippen LogP contribution in [0.2, 0.25) is 0 Å². The number of aryl methyl sites for hydroxylation is 1. The van der Waals surface area contributed by atoms with E-state index in [1.165, 1.54) is 23.2 Å². The summed E-state index contributed by atoms with van der Waals surface area (Å²) < 4.78 is 0. The van der Waals surface area contributed by atoms with E-state index in [4.69, 9.17) is 0 Å². The van der Waals surface area contributed by atoms with Gasteiger partial charge in [0, 0.05) is 55.6 Å². The van der Waals surface area contributed by atoms with E-state index in [9.17, 15) is 24.0 Å². The second-order valence-corrected chi connectivity index (χ2v) is 15.2. The molecular weight excluding hydrogens is 719 g/mol. The van der Waals surface area contributed by atoms with Crippen molar-refractivity contribution in [1.29, 1.82) is 0 Å². The Kier molecular flexibility index (Phi) is 13.8. The SMILES string of the molecule is Cc1cccc(-c2ncc(CN3CCN(C)C(=O)[C@@H](C)NC(=O)[C@H](C(C)C)NC(=O)[C@H](C)NC(=O)c4csc(n4)[C@H](Cc4ccccc4)NC(=O)C3)cn2)c1. The predicted molar refractivity (Wildman–Crippen MR) is 210 cm³/mol. The highest BCUT2D eigenvalue weighted by Gasteiger charge is 2.31. The smallest absolute Gasteiger partial charge is 0.271 e. The second-order valence-electron chi connectivity index (χ2n) is 14.3. The van der Waals surface area contributed by atoms with E-state index in [1.54, 1.807) is 45.6 Å². The maximum Gasteiger partial charge on any atom is 0.271 e. The van der Waals surface area contributed by atoms with Gasteiger partial charge in [0.05, 0.1) is 12.6 Å². The summed E-state index contributed by atoms with van der Waals surface area (Å²) in [6, 6.07) is 14.1. The number of carbonyl (C=O) groups is 5. The molecule has 5 rings (SSSR count). The molecule has 5 amide bonds. The van der Waals surface area contributed by atoms with Gasteiger partial charge in [-0.15, -0.1) is 11.3 Å². The van der Waals surface area contributed by atoms with Crippen LogP contribution in [0.15, 0.2) is 72.4 Å². The largest absolute Gasteiger partial charge is 0.345 e. The van der Waals surface area contributed by atoms with Crippen LogP contribution < -0.4 is 21.3 Å². The minimum absolute atomic E-state index is 0.0284. The number of aromatic nitrogens is 3. The van der Waals surface area contributed by atoms with Gasteiger partial charge >= 0.3 is 0 Å². The summed E-state index contributed by atoms with van der Waals surface area (Å²) in [5, 5.41) is 13.4. The van der Waals surface area contributed by atoms with E-state index in [1.807, 2.05) is 66.4 Å². The lowest BCUT2D eigenvalue weighted by atomic mass is 10.0. The molecular formula is C40H49N9O5S. The average molecular weight is 768 g/mol. The average Bonchev–Trinajstić information content (AvgIpc) is 3.66. The number of carbonyl (C=O) groups excluding carboxylic acids is 5. The van der Waals surface area contributed by atoms with Crippen LogP contribution in [-0.2, 0) is 32.1 Å². The first kappa shape index (κ1) is 40.6. The predicted octanol–water partition coefficient (Wildman–Crippen LogP) is 3.05. The maximum atomic E-state index is 13.9. The zero-order chi connectivity index (χ0) is 39.6. The Labute approximate surface area is 325 Å². The van der Waals surface area contributed by atoms with Gasteiger partial charge in [0.1, 0.15) is 28.8 Å². The molecule has 2 aromatic carbocycles. The molecule has 0 fully saturated rings. The summed E-state index contributed by atoms with van der Waals surface area (Å²) in [5.74, 6) is -2.02. The van der Waals surface area contributed by atoms with E-state index in [0.29, 0.717) is 30.3 Å². The number of fused-ring (bicyclic) bond motifs is 2. The van der Waals surface area contributed by atoms with E-state index in [0.717, 1.165) is 22.3 Å². The Morgan fingerprint density at radius 2 is 1.56 bits per heavy atom. The van der Waals surface area contributed by atoms with E-state index in [2.05, 4.69) is 36.2 Å². The van der Waals surface area contributed by atoms with Crippen molar-refractivity contribution in [3.8, 4) is 11.4 Å². The molecule has 290 valence electrons. The maximum absolute atomic E-state index is 13.9. The fourth-order valence-electron chi connectivity index (χ4n) is 6.13. The number of nitrogens with one attached hydrogen (secondary N) is 4. The molecule has 15 heteroatoms. The summed E-state index contributed by atoms with van der Waals surface area (Å²) in [6.45, 7) is 9.50. The lowest BCUT2D eigenvalue weighted by molar-refractivity contribution is -0.136. The topological polar surface area (TPSA) is 179 Å². The van der Waals surface area contributed by atoms with Gasteiger partial charge in [-0.3, -0.25) is 28.9 Å². The summed E-state index contributed by atoms with van der Waals surface area (Å²) >= 11 is 1.23. The van der Waals surface area contributed by atoms with Crippen molar-refractivity contribution < 1.29 is 24.0 Å². The molecule has 2 aromatic heterocycles. The number of likely N-dealkylation sites (N-methyl/N-ethyl adjacent to an activating group) is 1. The van der Waals surface area contributed by atoms with Gasteiger partial charge < -0.3 is 26.2 Å². The number of nitrogens with zero attached hydrogens (tertiary/aromatic N) is 5. The number of benzene rings is 2. The number of hydrogen-bond acceptors (Lipinski definition) is 10. The molecule has 0 aliphatic carbocycles. The molecule has 4 N–H and O–H groups in total. The van der Waals surface area contributed by atoms with E-state index >= 15 is 0 Å². The van der Waals surface area contributed by atoms with E-state index < -0.39 is 41.9 Å². The van der Waals surface area contributed by atoms with Crippen LogP contribution in [0.3, 0.4) is 0 Å². The molecule has 4 atom stereocenters. The highest BCUT2D eigenvalue weighted by molar-refractivity contribution is 7.09. The Hall–Kier alpha value is -5.54. The molecule has 0 saturated carbocycles. The van der Waals surface area contributed by atoms with Gasteiger partial charge in [0.25, 0.3) is 5.91 Å². The Bertz CT molecular complexity index is 1970. The molecule has 1 aliphatic heterocycles. The van der Waals surface area contributed by atoms with Crippen LogP contribution in [-0.4, -0.2) is 99.1 Å². The fourth-order valence-corrected chi connectivity index (χ4v) is 6.98. The molecule has 0 radical (unpaired) electrons. The molecule has 1 aliphatic rings. The third kappa shape index (κ3) is 11.2. The Morgan fingerprint density at radius 1 is 0.836 bits per heavy atom. The van der Waals surface area contributed by atoms with Gasteiger partial charge in [-0.05, 0) is 44.7 Å². The number of thiazole rings is 1. The molecule has 14 nitrogen and oxygen atoms in total. The molecule has 0 unspecified atom stereocenters. The number of amides is 5. The van der Waals surface area contributed by atoms with Crippen molar-refractivity contribution in [2.24, 2.45) is 5.92 Å². The van der Waals surface area contributed by atoms with Gasteiger partial charge in [0.2, 0.25) is 23.6 Å². The first-order chi connectivity index (χ1) is 26.3. The minimum atomic E-state index is -0.999. The highest BCUT2D eigenvalue weighted by atomic mass is 32.1. The quantitative estimate of drug-likeness (QED) is 0.230. The molecule has 55 heavy (non-hydrogen) atoms. The normalized spacial score (nSPS) is 21.3. The van der Waals surface area contributed by atoms with Crippen LogP contribution in [0.25, 0.3) is 11.4 Å². The van der Waals surface area contributed by atoms with Gasteiger partial charge in [-0.25, -0.2) is 15.0 Å². The second kappa shape index (κ2) is 18.7. The lowest BCUT2D eigenvalue weighted by Gasteiger charge is -2.29. The summed E-state index contributed by atoms with van der Waals surface area (Å²) in [6.07, 6.45) is 3.89. The third-order valence-corrected chi connectivity index (χ3v) is 10.2. The van der Waals surface area contributed by atoms with Gasteiger partial charge in [0.15, 0.2) is 5.82 Å². The van der Waals surface area contributed by atoms with Gasteiger partial charge in [-0.2, -0.15) is 0 Å². The Balaban J connectivity index is 1.44. The van der Waals surface area contributed by atoms with Crippen LogP contribution in [0.1, 0.15) is 65.9 Å². The van der Waals surface area contributed by atoms with Crippen LogP contribution in [0, 0.1) is 12.8 Å². The third-order valence-electron chi connectivity index (χ3n) is 9.27. The lowest BCUT2D eigenvalue weighted by Crippen LogP contribution is -2.57. The highest BCUT2D eigenvalue weighted by Crippen LogP contribution is 2.23. The van der Waals surface area contributed by atoms with Crippen LogP contribution in [0.4, 0.5) is 0 Å². The van der Waals surface area contributed by atoms with Crippen molar-refractivity contribution in [3.63, 3.8) is 0 Å². The number of hydrogen-bond donors (Lipinski definition) is 4. The first-order valence-corrected chi connectivity index (χ1v) is 19.2. The van der Waals surface area contributed by atoms with Crippen molar-refractivity contribution >= 4 is 40.9 Å². The summed E-state index contributed by atoms with van der Waals surface area (Å²) in [7, 11) is 1.64. The van der Waals surface area contributed by atoms with E-state index in [-0.39, 0.29) is 36.5 Å². The first-order valence-electron chi connectivity index (χ1n) is 18.3. The summed E-state index contributed by atoms with van der Waals surface area (Å²) in [4.78, 5) is 84.4. The van der Waals surface area contributed by atoms with Crippen LogP contribution in [0.5, 0.6) is 0 Å². The Morgan fingerprint density at radius 3 is 2.25 bits per heavy atom. The van der Waals surface area contributed by atoms with Crippen molar-refractivity contribution in [2.45, 2.75) is 71.8 Å². The number of rotatable bonds is 6. The fraction of sp³-hybridized carbons (Fsp3) is 0.400. The minimum Gasteiger partial charge on any atom is -0.345 e. The summed E-state index contributed by atoms with van der Waals surface area (Å²) in [5.41, 5.74) is 3.83. The van der Waals surface area contributed by atoms with Crippen molar-refractivity contribution in [1.82, 2.24) is 46.0 Å². The van der Waals surface area contributed by atoms with Crippen molar-refractivity contribution in [2.75, 3.05) is 26.7 Å². The standard InChI is InChI=1S/C40H49N9O5S/c1-24(2)34-38(53)44-27(5)40(54)48(6)15-16-49(21-29-19-41-35(42-20-29)30-14-10-11-25(3)17-30)22-33(50)45-31(18-28-12-8-7-9-13-28)39-46-32(23-55-39)37(52)43-26(4)36(51)47-34/h7-14,17,19-20,23-24,26-27,31,34H,15-16,18,21-22H2,1-6H3,(H,43,52)(H,44,53)(H,45,50)(H,47,51)/t26-,27+,31-,34-/m0/s1. The van der Waals surface area contributed by atoms with Gasteiger partial charge in [-0.1, -0.05) is 67.9 Å². The van der Waals surface area contributed by atoms with Crippen molar-refractivity contribution in [3.05, 3.63) is 99.8 Å². The molecule has 4 aromatic rings. The zero-order valence-electron chi connectivity index (χ0n) is 32.0. The molecule has 3 heterocycles. The molecule has 2 bridgehead atoms. The molecule has 0 spiro atoms. The zero-order valence-corrected chi connectivity index (χ0v) is 32.9. The van der Waals surface area contributed by atoms with Crippen LogP contribution >= 0.6 is 11.3 Å². The molecule has 0 saturated heterocycles.